The van der Waals surface area contributed by atoms with Gasteiger partial charge >= 0.3 is 0 Å². The second-order valence-corrected chi connectivity index (χ2v) is 3.61. The van der Waals surface area contributed by atoms with Gasteiger partial charge in [-0.15, -0.1) is 0 Å². The van der Waals surface area contributed by atoms with Gasteiger partial charge < -0.3 is 10.1 Å². The fourth-order valence-corrected chi connectivity index (χ4v) is 1.60. The number of methoxy groups -OCH3 is 1. The van der Waals surface area contributed by atoms with Gasteiger partial charge in [0.25, 0.3) is 0 Å². The average Bonchev–Trinajstić information content (AvgIpc) is 2.19. The van der Waals surface area contributed by atoms with Crippen molar-refractivity contribution in [3.05, 3.63) is 34.9 Å². The smallest absolute Gasteiger partial charge is 0.0833 e. The zero-order valence-corrected chi connectivity index (χ0v) is 9.34. The predicted octanol–water partition coefficient (Wildman–Crippen LogP) is 2.64. The molecule has 3 heteroatoms. The lowest BCUT2D eigenvalue weighted by Gasteiger charge is -2.15. The van der Waals surface area contributed by atoms with E-state index in [0.717, 1.165) is 23.6 Å². The molecule has 0 amide bonds. The molecule has 78 valence electrons. The molecule has 0 saturated carbocycles. The van der Waals surface area contributed by atoms with E-state index in [2.05, 4.69) is 5.32 Å². The summed E-state index contributed by atoms with van der Waals surface area (Å²) in [5.41, 5.74) is 1.13. The first-order valence-electron chi connectivity index (χ1n) is 4.70. The molecule has 0 bridgehead atoms. The quantitative estimate of drug-likeness (QED) is 0.812. The molecule has 0 radical (unpaired) electrons. The fraction of sp³-hybridized carbons (Fsp3) is 0.455. The summed E-state index contributed by atoms with van der Waals surface area (Å²) in [6.45, 7) is 0.936. The van der Waals surface area contributed by atoms with Crippen LogP contribution in [-0.2, 0) is 4.74 Å². The van der Waals surface area contributed by atoms with Gasteiger partial charge in [0.05, 0.1) is 6.10 Å². The van der Waals surface area contributed by atoms with Gasteiger partial charge in [-0.05, 0) is 37.7 Å². The number of ether oxygens (including phenoxy) is 1. The largest absolute Gasteiger partial charge is 0.377 e. The molecular weight excluding hydrogens is 198 g/mol. The Bertz CT molecular complexity index is 278. The summed E-state index contributed by atoms with van der Waals surface area (Å²) in [5, 5.41) is 3.86. The van der Waals surface area contributed by atoms with Crippen molar-refractivity contribution in [2.24, 2.45) is 0 Å². The van der Waals surface area contributed by atoms with Crippen LogP contribution in [-0.4, -0.2) is 20.7 Å². The molecule has 0 saturated heterocycles. The lowest BCUT2D eigenvalue weighted by Crippen LogP contribution is -2.13. The molecule has 1 atom stereocenters. The van der Waals surface area contributed by atoms with Gasteiger partial charge in [-0.2, -0.15) is 0 Å². The summed E-state index contributed by atoms with van der Waals surface area (Å²) < 4.78 is 5.39. The van der Waals surface area contributed by atoms with Crippen LogP contribution < -0.4 is 5.32 Å². The SMILES string of the molecule is CNCCC(OC)c1cccc(Cl)c1. The normalized spacial score (nSPS) is 12.8. The van der Waals surface area contributed by atoms with Crippen molar-refractivity contribution in [1.29, 1.82) is 0 Å². The lowest BCUT2D eigenvalue weighted by atomic mass is 10.1. The van der Waals surface area contributed by atoms with Crippen LogP contribution in [0.1, 0.15) is 18.1 Å². The highest BCUT2D eigenvalue weighted by molar-refractivity contribution is 6.30. The molecule has 0 heterocycles. The summed E-state index contributed by atoms with van der Waals surface area (Å²) in [6, 6.07) is 7.81. The van der Waals surface area contributed by atoms with Crippen LogP contribution in [0.4, 0.5) is 0 Å². The van der Waals surface area contributed by atoms with Crippen molar-refractivity contribution in [3.63, 3.8) is 0 Å². The lowest BCUT2D eigenvalue weighted by molar-refractivity contribution is 0.0961. The summed E-state index contributed by atoms with van der Waals surface area (Å²) in [6.07, 6.45) is 1.08. The number of hydrogen-bond donors (Lipinski definition) is 1. The molecule has 0 spiro atoms. The fourth-order valence-electron chi connectivity index (χ4n) is 1.40. The highest BCUT2D eigenvalue weighted by atomic mass is 35.5. The van der Waals surface area contributed by atoms with E-state index in [0.29, 0.717) is 0 Å². The van der Waals surface area contributed by atoms with Crippen LogP contribution in [0.5, 0.6) is 0 Å². The molecule has 1 aromatic carbocycles. The van der Waals surface area contributed by atoms with Crippen molar-refractivity contribution in [2.75, 3.05) is 20.7 Å². The number of nitrogens with one attached hydrogen (secondary N) is 1. The first kappa shape index (κ1) is 11.5. The third-order valence-corrected chi connectivity index (χ3v) is 2.40. The molecule has 0 aliphatic heterocycles. The first-order chi connectivity index (χ1) is 6.77. The Balaban J connectivity index is 2.68. The van der Waals surface area contributed by atoms with E-state index in [4.69, 9.17) is 16.3 Å². The van der Waals surface area contributed by atoms with Crippen LogP contribution in [0.25, 0.3) is 0 Å². The Morgan fingerprint density at radius 2 is 2.29 bits per heavy atom. The Labute approximate surface area is 90.2 Å². The predicted molar refractivity (Wildman–Crippen MR) is 59.7 cm³/mol. The minimum atomic E-state index is 0.126. The molecule has 14 heavy (non-hydrogen) atoms. The van der Waals surface area contributed by atoms with Gasteiger partial charge in [0.2, 0.25) is 0 Å². The Morgan fingerprint density at radius 1 is 1.50 bits per heavy atom. The van der Waals surface area contributed by atoms with E-state index >= 15 is 0 Å². The van der Waals surface area contributed by atoms with E-state index in [1.165, 1.54) is 0 Å². The standard InChI is InChI=1S/C11H16ClNO/c1-13-7-6-11(14-2)9-4-3-5-10(12)8-9/h3-5,8,11,13H,6-7H2,1-2H3. The third kappa shape index (κ3) is 3.29. The first-order valence-corrected chi connectivity index (χ1v) is 5.08. The van der Waals surface area contributed by atoms with Crippen LogP contribution in [0.2, 0.25) is 5.02 Å². The summed E-state index contributed by atoms with van der Waals surface area (Å²) >= 11 is 5.91. The van der Waals surface area contributed by atoms with Gasteiger partial charge in [0.15, 0.2) is 0 Å². The Hall–Kier alpha value is -0.570. The number of benzene rings is 1. The third-order valence-electron chi connectivity index (χ3n) is 2.16. The van der Waals surface area contributed by atoms with Crippen LogP contribution in [0.3, 0.4) is 0 Å². The Kier molecular flexibility index (Phi) is 4.94. The average molecular weight is 214 g/mol. The van der Waals surface area contributed by atoms with E-state index in [1.54, 1.807) is 7.11 Å². The van der Waals surface area contributed by atoms with Gasteiger partial charge in [-0.25, -0.2) is 0 Å². The maximum Gasteiger partial charge on any atom is 0.0833 e. The summed E-state index contributed by atoms with van der Waals surface area (Å²) in [7, 11) is 3.66. The van der Waals surface area contributed by atoms with E-state index < -0.39 is 0 Å². The zero-order chi connectivity index (χ0) is 10.4. The van der Waals surface area contributed by atoms with Crippen molar-refractivity contribution >= 4 is 11.6 Å². The van der Waals surface area contributed by atoms with Crippen molar-refractivity contribution in [1.82, 2.24) is 5.32 Å². The molecule has 1 N–H and O–H groups in total. The molecule has 1 unspecified atom stereocenters. The monoisotopic (exact) mass is 213 g/mol. The van der Waals surface area contributed by atoms with Crippen molar-refractivity contribution < 1.29 is 4.74 Å². The second kappa shape index (κ2) is 6.02. The highest BCUT2D eigenvalue weighted by Crippen LogP contribution is 2.22. The summed E-state index contributed by atoms with van der Waals surface area (Å²) in [5.74, 6) is 0. The van der Waals surface area contributed by atoms with E-state index in [9.17, 15) is 0 Å². The van der Waals surface area contributed by atoms with Crippen molar-refractivity contribution in [2.45, 2.75) is 12.5 Å². The highest BCUT2D eigenvalue weighted by Gasteiger charge is 2.09. The molecule has 0 aromatic heterocycles. The van der Waals surface area contributed by atoms with Crippen LogP contribution in [0, 0.1) is 0 Å². The minimum Gasteiger partial charge on any atom is -0.377 e. The minimum absolute atomic E-state index is 0.126. The van der Waals surface area contributed by atoms with Gasteiger partial charge in [0.1, 0.15) is 0 Å². The Morgan fingerprint density at radius 3 is 2.86 bits per heavy atom. The van der Waals surface area contributed by atoms with E-state index in [1.807, 2.05) is 31.3 Å². The molecule has 0 fully saturated rings. The van der Waals surface area contributed by atoms with Crippen LogP contribution in [0.15, 0.2) is 24.3 Å². The molecule has 2 nitrogen and oxygen atoms in total. The van der Waals surface area contributed by atoms with Crippen LogP contribution >= 0.6 is 11.6 Å². The van der Waals surface area contributed by atoms with Gasteiger partial charge in [-0.1, -0.05) is 23.7 Å². The molecule has 0 aliphatic rings. The van der Waals surface area contributed by atoms with E-state index in [-0.39, 0.29) is 6.10 Å². The number of hydrogen-bond acceptors (Lipinski definition) is 2. The number of halogens is 1. The molecule has 0 aliphatic carbocycles. The zero-order valence-electron chi connectivity index (χ0n) is 8.59. The molecule has 1 aromatic rings. The molecule has 1 rings (SSSR count). The maximum absolute atomic E-state index is 5.91. The summed E-state index contributed by atoms with van der Waals surface area (Å²) in [4.78, 5) is 0. The van der Waals surface area contributed by atoms with Gasteiger partial charge in [-0.3, -0.25) is 0 Å². The van der Waals surface area contributed by atoms with Gasteiger partial charge in [0, 0.05) is 12.1 Å². The topological polar surface area (TPSA) is 21.3 Å². The maximum atomic E-state index is 5.91. The van der Waals surface area contributed by atoms with Crippen molar-refractivity contribution in [3.8, 4) is 0 Å². The number of rotatable bonds is 5. The molecular formula is C11H16ClNO. The second-order valence-electron chi connectivity index (χ2n) is 3.17.